The molecular weight excluding hydrogens is 408 g/mol. The number of hydrogen-bond donors (Lipinski definition) is 1. The zero-order valence-electron chi connectivity index (χ0n) is 15.6. The Balaban J connectivity index is 1.60. The lowest BCUT2D eigenvalue weighted by Crippen LogP contribution is -2.14. The van der Waals surface area contributed by atoms with Crippen LogP contribution in [0.1, 0.15) is 16.8 Å². The summed E-state index contributed by atoms with van der Waals surface area (Å²) >= 11 is 0. The second kappa shape index (κ2) is 7.56. The van der Waals surface area contributed by atoms with Gasteiger partial charge < -0.3 is 5.32 Å². The van der Waals surface area contributed by atoms with Crippen LogP contribution < -0.4 is 5.32 Å². The largest absolute Gasteiger partial charge is 0.307 e. The maximum Gasteiger partial charge on any atom is 0.269 e. The first-order valence-corrected chi connectivity index (χ1v) is 10.7. The number of fused-ring (bicyclic) bond motifs is 1. The normalized spacial score (nSPS) is 14.5. The predicted octanol–water partition coefficient (Wildman–Crippen LogP) is 2.86. The molecule has 0 saturated heterocycles. The number of para-hydroxylation sites is 1. The molecule has 1 aromatic heterocycles. The third kappa shape index (κ3) is 3.98. The fourth-order valence-electron chi connectivity index (χ4n) is 3.16. The number of rotatable bonds is 5. The first-order chi connectivity index (χ1) is 14.3. The summed E-state index contributed by atoms with van der Waals surface area (Å²) in [7, 11) is -3.29. The molecule has 1 aliphatic rings. The number of carbonyl (C=O) groups is 1. The van der Waals surface area contributed by atoms with E-state index < -0.39 is 20.7 Å². The Labute approximate surface area is 171 Å². The zero-order chi connectivity index (χ0) is 21.3. The minimum atomic E-state index is -3.29. The van der Waals surface area contributed by atoms with Gasteiger partial charge in [-0.1, -0.05) is 18.2 Å². The van der Waals surface area contributed by atoms with E-state index in [2.05, 4.69) is 10.4 Å². The van der Waals surface area contributed by atoms with Crippen molar-refractivity contribution in [2.24, 2.45) is 0 Å². The van der Waals surface area contributed by atoms with Crippen molar-refractivity contribution in [2.45, 2.75) is 11.5 Å². The zero-order valence-corrected chi connectivity index (χ0v) is 16.4. The van der Waals surface area contributed by atoms with Gasteiger partial charge in [0.1, 0.15) is 5.82 Å². The molecule has 0 atom stereocenters. The molecular formula is C20H16N4O5S. The molecule has 10 heteroatoms. The van der Waals surface area contributed by atoms with Crippen molar-refractivity contribution in [3.05, 3.63) is 87.6 Å². The van der Waals surface area contributed by atoms with Gasteiger partial charge in [0.15, 0.2) is 9.84 Å². The number of non-ortho nitro benzene ring substituents is 1. The SMILES string of the molecule is O=C(/C=C\c1ccc([N+](=O)[O-])cc1)Nc1c2c(nn1-c1ccccc1)CS(=O)(=O)C2. The fraction of sp³-hybridized carbons (Fsp3) is 0.100. The molecule has 0 radical (unpaired) electrons. The lowest BCUT2D eigenvalue weighted by Gasteiger charge is -2.09. The summed E-state index contributed by atoms with van der Waals surface area (Å²) in [6.07, 6.45) is 2.79. The number of nitro benzene ring substituents is 1. The topological polar surface area (TPSA) is 124 Å². The molecule has 3 aromatic rings. The molecule has 0 unspecified atom stereocenters. The Hall–Kier alpha value is -3.79. The highest BCUT2D eigenvalue weighted by atomic mass is 32.2. The van der Waals surface area contributed by atoms with Gasteiger partial charge >= 0.3 is 0 Å². The first kappa shape index (κ1) is 19.5. The number of sulfone groups is 1. The van der Waals surface area contributed by atoms with Crippen LogP contribution in [0.5, 0.6) is 0 Å². The van der Waals surface area contributed by atoms with Crippen molar-refractivity contribution in [2.75, 3.05) is 5.32 Å². The van der Waals surface area contributed by atoms with E-state index >= 15 is 0 Å². The van der Waals surface area contributed by atoms with Crippen molar-refractivity contribution in [1.82, 2.24) is 9.78 Å². The Kier molecular flexibility index (Phi) is 4.92. The molecule has 0 bridgehead atoms. The molecule has 152 valence electrons. The standard InChI is InChI=1S/C20H16N4O5S/c25-19(11-8-14-6-9-16(10-7-14)24(26)27)21-20-17-12-30(28,29)13-18(17)22-23(20)15-4-2-1-3-5-15/h1-11H,12-13H2,(H,21,25)/b11-8-. The summed E-state index contributed by atoms with van der Waals surface area (Å²) in [4.78, 5) is 22.7. The average Bonchev–Trinajstić information content (AvgIpc) is 3.20. The minimum Gasteiger partial charge on any atom is -0.307 e. The van der Waals surface area contributed by atoms with Crippen molar-refractivity contribution in [3.63, 3.8) is 0 Å². The summed E-state index contributed by atoms with van der Waals surface area (Å²) in [5.74, 6) is -0.506. The molecule has 4 rings (SSSR count). The van der Waals surface area contributed by atoms with Crippen LogP contribution in [0.4, 0.5) is 11.5 Å². The van der Waals surface area contributed by atoms with Crippen molar-refractivity contribution in [3.8, 4) is 5.69 Å². The molecule has 2 heterocycles. The van der Waals surface area contributed by atoms with E-state index in [1.54, 1.807) is 12.1 Å². The van der Waals surface area contributed by atoms with Crippen LogP contribution in [0.25, 0.3) is 11.8 Å². The van der Waals surface area contributed by atoms with Gasteiger partial charge in [0.25, 0.3) is 5.69 Å². The fourth-order valence-corrected chi connectivity index (χ4v) is 4.66. The van der Waals surface area contributed by atoms with Crippen molar-refractivity contribution < 1.29 is 18.1 Å². The highest BCUT2D eigenvalue weighted by Crippen LogP contribution is 2.32. The third-order valence-corrected chi connectivity index (χ3v) is 6.00. The highest BCUT2D eigenvalue weighted by Gasteiger charge is 2.33. The van der Waals surface area contributed by atoms with E-state index in [0.717, 1.165) is 0 Å². The number of aromatic nitrogens is 2. The number of nitrogens with zero attached hydrogens (tertiary/aromatic N) is 3. The number of nitrogens with one attached hydrogen (secondary N) is 1. The maximum atomic E-state index is 12.5. The smallest absolute Gasteiger partial charge is 0.269 e. The van der Waals surface area contributed by atoms with Crippen LogP contribution >= 0.6 is 0 Å². The summed E-state index contributed by atoms with van der Waals surface area (Å²) in [5, 5.41) is 17.8. The summed E-state index contributed by atoms with van der Waals surface area (Å²) in [6.45, 7) is 0. The van der Waals surface area contributed by atoms with Crippen LogP contribution in [0, 0.1) is 10.1 Å². The first-order valence-electron chi connectivity index (χ1n) is 8.92. The average molecular weight is 424 g/mol. The number of anilines is 1. The molecule has 1 aliphatic heterocycles. The van der Waals surface area contributed by atoms with E-state index in [1.807, 2.05) is 18.2 Å². The van der Waals surface area contributed by atoms with Crippen LogP contribution in [0.3, 0.4) is 0 Å². The molecule has 0 spiro atoms. The van der Waals surface area contributed by atoms with E-state index in [1.165, 1.54) is 41.1 Å². The molecule has 1 N–H and O–H groups in total. The second-order valence-corrected chi connectivity index (χ2v) is 8.79. The van der Waals surface area contributed by atoms with Crippen LogP contribution in [-0.2, 0) is 26.1 Å². The number of benzene rings is 2. The van der Waals surface area contributed by atoms with Gasteiger partial charge in [-0.2, -0.15) is 5.10 Å². The molecule has 0 aliphatic carbocycles. The lowest BCUT2D eigenvalue weighted by molar-refractivity contribution is -0.384. The van der Waals surface area contributed by atoms with Crippen LogP contribution in [-0.4, -0.2) is 29.0 Å². The molecule has 9 nitrogen and oxygen atoms in total. The van der Waals surface area contributed by atoms with Gasteiger partial charge in [0.05, 0.1) is 27.8 Å². The molecule has 2 aromatic carbocycles. The van der Waals surface area contributed by atoms with E-state index in [9.17, 15) is 23.3 Å². The molecule has 0 fully saturated rings. The second-order valence-electron chi connectivity index (χ2n) is 6.72. The number of nitro groups is 1. The van der Waals surface area contributed by atoms with E-state index in [0.29, 0.717) is 28.3 Å². The van der Waals surface area contributed by atoms with Crippen molar-refractivity contribution >= 4 is 33.3 Å². The molecule has 1 amide bonds. The Morgan fingerprint density at radius 3 is 2.47 bits per heavy atom. The highest BCUT2D eigenvalue weighted by molar-refractivity contribution is 7.90. The Morgan fingerprint density at radius 2 is 1.80 bits per heavy atom. The van der Waals surface area contributed by atoms with E-state index in [-0.39, 0.29) is 17.2 Å². The third-order valence-electron chi connectivity index (χ3n) is 4.56. The van der Waals surface area contributed by atoms with E-state index in [4.69, 9.17) is 0 Å². The summed E-state index contributed by atoms with van der Waals surface area (Å²) in [5.41, 5.74) is 2.17. The van der Waals surface area contributed by atoms with Gasteiger partial charge in [-0.05, 0) is 35.9 Å². The quantitative estimate of drug-likeness (QED) is 0.381. The van der Waals surface area contributed by atoms with Gasteiger partial charge in [-0.25, -0.2) is 13.1 Å². The summed E-state index contributed by atoms with van der Waals surface area (Å²) < 4.78 is 25.5. The monoisotopic (exact) mass is 424 g/mol. The summed E-state index contributed by atoms with van der Waals surface area (Å²) in [6, 6.07) is 14.8. The van der Waals surface area contributed by atoms with Gasteiger partial charge in [0, 0.05) is 23.8 Å². The minimum absolute atomic E-state index is 0.0415. The van der Waals surface area contributed by atoms with Gasteiger partial charge in [-0.3, -0.25) is 14.9 Å². The van der Waals surface area contributed by atoms with Crippen LogP contribution in [0.15, 0.2) is 60.7 Å². The van der Waals surface area contributed by atoms with Gasteiger partial charge in [-0.15, -0.1) is 0 Å². The lowest BCUT2D eigenvalue weighted by atomic mass is 10.2. The van der Waals surface area contributed by atoms with Gasteiger partial charge in [0.2, 0.25) is 5.91 Å². The molecule has 0 saturated carbocycles. The number of amides is 1. The maximum absolute atomic E-state index is 12.5. The number of hydrogen-bond acceptors (Lipinski definition) is 6. The Morgan fingerprint density at radius 1 is 1.10 bits per heavy atom. The predicted molar refractivity (Wildman–Crippen MR) is 111 cm³/mol. The Bertz CT molecular complexity index is 1260. The van der Waals surface area contributed by atoms with Crippen LogP contribution in [0.2, 0.25) is 0 Å². The molecule has 30 heavy (non-hydrogen) atoms. The van der Waals surface area contributed by atoms with Crippen molar-refractivity contribution in [1.29, 1.82) is 0 Å². The number of carbonyl (C=O) groups excluding carboxylic acids is 1.